The van der Waals surface area contributed by atoms with E-state index in [2.05, 4.69) is 52.7 Å². The highest BCUT2D eigenvalue weighted by molar-refractivity contribution is 5.58. The van der Waals surface area contributed by atoms with Crippen LogP contribution in [0.1, 0.15) is 32.8 Å². The van der Waals surface area contributed by atoms with Crippen LogP contribution in [0.2, 0.25) is 0 Å². The summed E-state index contributed by atoms with van der Waals surface area (Å²) in [6.45, 7) is 7.42. The minimum atomic E-state index is 0.519. The van der Waals surface area contributed by atoms with E-state index in [0.717, 1.165) is 30.9 Å². The Bertz CT molecular complexity index is 568. The third kappa shape index (κ3) is 4.70. The second kappa shape index (κ2) is 7.57. The number of nitrogens with one attached hydrogen (secondary N) is 2. The maximum Gasteiger partial charge on any atom is 0.249 e. The van der Waals surface area contributed by atoms with E-state index in [4.69, 9.17) is 0 Å². The molecule has 0 aliphatic heterocycles. The van der Waals surface area contributed by atoms with E-state index in [1.165, 1.54) is 5.56 Å². The van der Waals surface area contributed by atoms with E-state index in [0.29, 0.717) is 11.9 Å². The molecule has 5 nitrogen and oxygen atoms in total. The summed E-state index contributed by atoms with van der Waals surface area (Å²) in [7, 11) is 0. The van der Waals surface area contributed by atoms with Gasteiger partial charge in [-0.1, -0.05) is 39.0 Å². The first-order chi connectivity index (χ1) is 10.2. The molecule has 0 fully saturated rings. The third-order valence-electron chi connectivity index (χ3n) is 3.23. The largest absolute Gasteiger partial charge is 0.369 e. The van der Waals surface area contributed by atoms with Crippen LogP contribution < -0.4 is 10.6 Å². The molecule has 0 saturated heterocycles. The van der Waals surface area contributed by atoms with Gasteiger partial charge in [-0.3, -0.25) is 0 Å². The summed E-state index contributed by atoms with van der Waals surface area (Å²) in [5, 5.41) is 14.6. The fourth-order valence-corrected chi connectivity index (χ4v) is 2.00. The topological polar surface area (TPSA) is 62.7 Å². The molecule has 0 spiro atoms. The lowest BCUT2D eigenvalue weighted by Crippen LogP contribution is -2.09. The van der Waals surface area contributed by atoms with Crippen molar-refractivity contribution in [1.29, 1.82) is 0 Å². The average molecular weight is 285 g/mol. The average Bonchev–Trinajstić information content (AvgIpc) is 2.48. The number of aromatic nitrogens is 3. The maximum absolute atomic E-state index is 4.44. The normalized spacial score (nSPS) is 10.7. The molecule has 5 heteroatoms. The highest BCUT2D eigenvalue weighted by atomic mass is 15.3. The lowest BCUT2D eigenvalue weighted by molar-refractivity contribution is 0.606. The molecule has 2 rings (SSSR count). The Hall–Kier alpha value is -2.17. The predicted molar refractivity (Wildman–Crippen MR) is 86.9 cm³/mol. The molecular formula is C16H23N5. The predicted octanol–water partition coefficient (Wildman–Crippen LogP) is 3.64. The lowest BCUT2D eigenvalue weighted by Gasteiger charge is -2.10. The van der Waals surface area contributed by atoms with Gasteiger partial charge in [0.1, 0.15) is 0 Å². The standard InChI is InChI=1S/C16H23N5/c1-4-13-7-5-6-8-14(13)19-16-20-15(11-18-21-16)17-10-9-12(2)3/h5-8,11-12H,4,9-10H2,1-3H3,(H2,17,19,20,21). The molecule has 2 aromatic rings. The fraction of sp³-hybridized carbons (Fsp3) is 0.438. The van der Waals surface area contributed by atoms with Crippen LogP contribution in [0, 0.1) is 5.92 Å². The van der Waals surface area contributed by atoms with Crippen molar-refractivity contribution in [3.63, 3.8) is 0 Å². The molecule has 1 aromatic carbocycles. The van der Waals surface area contributed by atoms with Gasteiger partial charge in [0.15, 0.2) is 5.82 Å². The maximum atomic E-state index is 4.44. The zero-order chi connectivity index (χ0) is 15.1. The van der Waals surface area contributed by atoms with Crippen LogP contribution in [0.25, 0.3) is 0 Å². The number of nitrogens with zero attached hydrogens (tertiary/aromatic N) is 3. The van der Waals surface area contributed by atoms with Crippen LogP contribution in [0.5, 0.6) is 0 Å². The smallest absolute Gasteiger partial charge is 0.249 e. The highest BCUT2D eigenvalue weighted by Gasteiger charge is 2.04. The number of hydrogen-bond acceptors (Lipinski definition) is 5. The van der Waals surface area contributed by atoms with Crippen molar-refractivity contribution >= 4 is 17.5 Å². The molecule has 0 bridgehead atoms. The molecule has 0 unspecified atom stereocenters. The Labute approximate surface area is 126 Å². The Morgan fingerprint density at radius 3 is 2.76 bits per heavy atom. The number of aryl methyl sites for hydroxylation is 1. The van der Waals surface area contributed by atoms with Gasteiger partial charge in [0.2, 0.25) is 5.95 Å². The minimum Gasteiger partial charge on any atom is -0.369 e. The van der Waals surface area contributed by atoms with Crippen molar-refractivity contribution < 1.29 is 0 Å². The third-order valence-corrected chi connectivity index (χ3v) is 3.23. The molecule has 0 aliphatic carbocycles. The summed E-state index contributed by atoms with van der Waals surface area (Å²) in [5.41, 5.74) is 2.26. The number of rotatable bonds is 7. The quantitative estimate of drug-likeness (QED) is 0.813. The minimum absolute atomic E-state index is 0.519. The molecule has 112 valence electrons. The zero-order valence-electron chi connectivity index (χ0n) is 12.9. The van der Waals surface area contributed by atoms with Gasteiger partial charge in [-0.25, -0.2) is 0 Å². The Morgan fingerprint density at radius 2 is 2.00 bits per heavy atom. The van der Waals surface area contributed by atoms with Crippen LogP contribution in [0.4, 0.5) is 17.5 Å². The molecule has 1 heterocycles. The molecule has 0 amide bonds. The molecule has 0 aliphatic rings. The zero-order valence-corrected chi connectivity index (χ0v) is 12.9. The molecule has 0 radical (unpaired) electrons. The van der Waals surface area contributed by atoms with Crippen molar-refractivity contribution in [2.45, 2.75) is 33.6 Å². The van der Waals surface area contributed by atoms with Crippen molar-refractivity contribution in [2.75, 3.05) is 17.2 Å². The Morgan fingerprint density at radius 1 is 1.19 bits per heavy atom. The number of hydrogen-bond donors (Lipinski definition) is 2. The summed E-state index contributed by atoms with van der Waals surface area (Å²) < 4.78 is 0. The highest BCUT2D eigenvalue weighted by Crippen LogP contribution is 2.19. The van der Waals surface area contributed by atoms with Gasteiger partial charge in [0.05, 0.1) is 6.20 Å². The van der Waals surface area contributed by atoms with Gasteiger partial charge >= 0.3 is 0 Å². The molecule has 0 saturated carbocycles. The molecular weight excluding hydrogens is 262 g/mol. The summed E-state index contributed by atoms with van der Waals surface area (Å²) >= 11 is 0. The lowest BCUT2D eigenvalue weighted by atomic mass is 10.1. The van der Waals surface area contributed by atoms with Crippen molar-refractivity contribution in [3.8, 4) is 0 Å². The first-order valence-electron chi connectivity index (χ1n) is 7.47. The fourth-order valence-electron chi connectivity index (χ4n) is 2.00. The van der Waals surface area contributed by atoms with Gasteiger partial charge in [-0.05, 0) is 30.4 Å². The Balaban J connectivity index is 2.03. The van der Waals surface area contributed by atoms with Gasteiger partial charge in [-0.2, -0.15) is 10.1 Å². The second-order valence-corrected chi connectivity index (χ2v) is 5.41. The van der Waals surface area contributed by atoms with E-state index in [9.17, 15) is 0 Å². The summed E-state index contributed by atoms with van der Waals surface area (Å²) in [4.78, 5) is 4.44. The van der Waals surface area contributed by atoms with E-state index in [-0.39, 0.29) is 0 Å². The molecule has 1 aromatic heterocycles. The van der Waals surface area contributed by atoms with Crippen LogP contribution in [0.15, 0.2) is 30.5 Å². The number of anilines is 3. The van der Waals surface area contributed by atoms with E-state index in [1.54, 1.807) is 6.20 Å². The molecule has 0 atom stereocenters. The van der Waals surface area contributed by atoms with Gasteiger partial charge < -0.3 is 10.6 Å². The second-order valence-electron chi connectivity index (χ2n) is 5.41. The summed E-state index contributed by atoms with van der Waals surface area (Å²) in [5.74, 6) is 1.94. The van der Waals surface area contributed by atoms with E-state index in [1.807, 2.05) is 18.2 Å². The van der Waals surface area contributed by atoms with E-state index >= 15 is 0 Å². The number of benzene rings is 1. The van der Waals surface area contributed by atoms with Crippen molar-refractivity contribution in [2.24, 2.45) is 5.92 Å². The first kappa shape index (κ1) is 15.2. The van der Waals surface area contributed by atoms with Crippen LogP contribution in [-0.2, 0) is 6.42 Å². The Kier molecular flexibility index (Phi) is 5.49. The van der Waals surface area contributed by atoms with Crippen molar-refractivity contribution in [1.82, 2.24) is 15.2 Å². The first-order valence-corrected chi connectivity index (χ1v) is 7.47. The number of para-hydroxylation sites is 1. The monoisotopic (exact) mass is 285 g/mol. The molecule has 21 heavy (non-hydrogen) atoms. The van der Waals surface area contributed by atoms with Gasteiger partial charge in [0, 0.05) is 12.2 Å². The summed E-state index contributed by atoms with van der Waals surface area (Å²) in [6, 6.07) is 8.16. The van der Waals surface area contributed by atoms with Gasteiger partial charge in [0.25, 0.3) is 0 Å². The van der Waals surface area contributed by atoms with Crippen LogP contribution in [0.3, 0.4) is 0 Å². The SMILES string of the molecule is CCc1ccccc1Nc1nncc(NCCC(C)C)n1. The van der Waals surface area contributed by atoms with Crippen molar-refractivity contribution in [3.05, 3.63) is 36.0 Å². The van der Waals surface area contributed by atoms with Crippen LogP contribution in [-0.4, -0.2) is 21.7 Å². The van der Waals surface area contributed by atoms with Gasteiger partial charge in [-0.15, -0.1) is 5.10 Å². The molecule has 2 N–H and O–H groups in total. The summed E-state index contributed by atoms with van der Waals surface area (Å²) in [6.07, 6.45) is 3.71. The van der Waals surface area contributed by atoms with E-state index < -0.39 is 0 Å². The van der Waals surface area contributed by atoms with Crippen LogP contribution >= 0.6 is 0 Å².